The molecule has 1 heterocycles. The number of anilines is 1. The van der Waals surface area contributed by atoms with E-state index in [4.69, 9.17) is 0 Å². The number of hydrogen-bond donors (Lipinski definition) is 1. The Hall–Kier alpha value is -3.28. The molecule has 0 saturated heterocycles. The zero-order valence-corrected chi connectivity index (χ0v) is 14.1. The van der Waals surface area contributed by atoms with Gasteiger partial charge in [0.05, 0.1) is 5.69 Å². The van der Waals surface area contributed by atoms with Gasteiger partial charge in [-0.3, -0.25) is 4.98 Å². The molecule has 0 unspecified atom stereocenters. The predicted octanol–water partition coefficient (Wildman–Crippen LogP) is 4.61. The van der Waals surface area contributed by atoms with Gasteiger partial charge in [-0.25, -0.2) is 13.6 Å². The number of halogens is 2. The molecule has 0 aliphatic heterocycles. The van der Waals surface area contributed by atoms with Crippen LogP contribution in [0.15, 0.2) is 72.9 Å². The van der Waals surface area contributed by atoms with E-state index in [0.29, 0.717) is 16.9 Å². The van der Waals surface area contributed by atoms with Crippen molar-refractivity contribution in [1.29, 1.82) is 0 Å². The third-order valence-corrected chi connectivity index (χ3v) is 3.94. The first-order chi connectivity index (χ1) is 12.5. The highest BCUT2D eigenvalue weighted by molar-refractivity contribution is 5.89. The zero-order chi connectivity index (χ0) is 18.5. The zero-order valence-electron chi connectivity index (χ0n) is 14.1. The summed E-state index contributed by atoms with van der Waals surface area (Å²) < 4.78 is 26.7. The number of aromatic nitrogens is 1. The second-order valence-corrected chi connectivity index (χ2v) is 5.76. The first-order valence-corrected chi connectivity index (χ1v) is 8.00. The Morgan fingerprint density at radius 3 is 2.42 bits per heavy atom. The van der Waals surface area contributed by atoms with E-state index in [1.54, 1.807) is 43.6 Å². The van der Waals surface area contributed by atoms with E-state index >= 15 is 0 Å². The van der Waals surface area contributed by atoms with Gasteiger partial charge >= 0.3 is 6.03 Å². The van der Waals surface area contributed by atoms with Gasteiger partial charge in [-0.05, 0) is 54.1 Å². The van der Waals surface area contributed by atoms with E-state index in [9.17, 15) is 13.6 Å². The van der Waals surface area contributed by atoms with Crippen LogP contribution in [0, 0.1) is 11.6 Å². The van der Waals surface area contributed by atoms with E-state index in [-0.39, 0.29) is 5.82 Å². The Bertz CT molecular complexity index is 885. The third-order valence-electron chi connectivity index (χ3n) is 3.94. The topological polar surface area (TPSA) is 45.2 Å². The number of amides is 2. The Labute approximate surface area is 150 Å². The largest absolute Gasteiger partial charge is 0.322 e. The summed E-state index contributed by atoms with van der Waals surface area (Å²) in [7, 11) is 1.60. The van der Waals surface area contributed by atoms with Gasteiger partial charge in [-0.2, -0.15) is 0 Å². The van der Waals surface area contributed by atoms with Crippen molar-refractivity contribution in [2.24, 2.45) is 0 Å². The van der Waals surface area contributed by atoms with Gasteiger partial charge in [-0.15, -0.1) is 0 Å². The second-order valence-electron chi connectivity index (χ2n) is 5.76. The van der Waals surface area contributed by atoms with Gasteiger partial charge in [0.15, 0.2) is 0 Å². The Morgan fingerprint density at radius 2 is 1.77 bits per heavy atom. The van der Waals surface area contributed by atoms with Crippen molar-refractivity contribution < 1.29 is 13.6 Å². The van der Waals surface area contributed by atoms with Crippen molar-refractivity contribution in [3.05, 3.63) is 95.8 Å². The molecule has 0 saturated carbocycles. The molecule has 6 heteroatoms. The van der Waals surface area contributed by atoms with Crippen molar-refractivity contribution in [2.75, 3.05) is 12.4 Å². The molecule has 0 aliphatic rings. The number of carbonyl (C=O) groups is 1. The average molecular weight is 353 g/mol. The monoisotopic (exact) mass is 353 g/mol. The normalized spacial score (nSPS) is 11.7. The van der Waals surface area contributed by atoms with E-state index in [2.05, 4.69) is 10.3 Å². The van der Waals surface area contributed by atoms with Gasteiger partial charge in [0.25, 0.3) is 0 Å². The summed E-state index contributed by atoms with van der Waals surface area (Å²) in [5.41, 5.74) is 1.66. The molecule has 0 bridgehead atoms. The number of urea groups is 1. The van der Waals surface area contributed by atoms with E-state index in [1.165, 1.54) is 41.3 Å². The number of benzene rings is 2. The molecule has 132 valence electrons. The Kier molecular flexibility index (Phi) is 5.22. The lowest BCUT2D eigenvalue weighted by atomic mass is 10.0. The molecule has 0 aliphatic carbocycles. The maximum atomic E-state index is 13.7. The molecule has 2 aromatic carbocycles. The number of pyridine rings is 1. The molecule has 3 rings (SSSR count). The lowest BCUT2D eigenvalue weighted by molar-refractivity contribution is 0.211. The van der Waals surface area contributed by atoms with E-state index in [0.717, 1.165) is 0 Å². The molecular weight excluding hydrogens is 336 g/mol. The summed E-state index contributed by atoms with van der Waals surface area (Å²) in [6.45, 7) is 0. The standard InChI is InChI=1S/C20H17F2N3O/c1-25(20(26)24-17-10-8-15(21)9-11-17)19(18-7-2-3-12-23-18)14-5-4-6-16(22)13-14/h2-13,19H,1H3,(H,24,26)/t19-/m0/s1. The van der Waals surface area contributed by atoms with Crippen molar-refractivity contribution in [1.82, 2.24) is 9.88 Å². The van der Waals surface area contributed by atoms with Gasteiger partial charge in [-0.1, -0.05) is 18.2 Å². The van der Waals surface area contributed by atoms with Gasteiger partial charge in [0.1, 0.15) is 17.7 Å². The van der Waals surface area contributed by atoms with Crippen molar-refractivity contribution in [3.8, 4) is 0 Å². The lowest BCUT2D eigenvalue weighted by Crippen LogP contribution is -2.35. The quantitative estimate of drug-likeness (QED) is 0.744. The fourth-order valence-corrected chi connectivity index (χ4v) is 2.67. The molecule has 0 fully saturated rings. The van der Waals surface area contributed by atoms with Crippen LogP contribution in [0.25, 0.3) is 0 Å². The van der Waals surface area contributed by atoms with Crippen LogP contribution < -0.4 is 5.32 Å². The highest BCUT2D eigenvalue weighted by atomic mass is 19.1. The van der Waals surface area contributed by atoms with Crippen LogP contribution in [-0.2, 0) is 0 Å². The minimum atomic E-state index is -0.577. The Morgan fingerprint density at radius 1 is 1.00 bits per heavy atom. The predicted molar refractivity (Wildman–Crippen MR) is 95.7 cm³/mol. The number of hydrogen-bond acceptors (Lipinski definition) is 2. The summed E-state index contributed by atoms with van der Waals surface area (Å²) in [5.74, 6) is -0.779. The third kappa shape index (κ3) is 4.03. The summed E-state index contributed by atoms with van der Waals surface area (Å²) in [4.78, 5) is 18.4. The molecule has 1 aromatic heterocycles. The summed E-state index contributed by atoms with van der Waals surface area (Å²) in [5, 5.41) is 2.70. The maximum absolute atomic E-state index is 13.7. The first kappa shape index (κ1) is 17.5. The van der Waals surface area contributed by atoms with Crippen molar-refractivity contribution in [2.45, 2.75) is 6.04 Å². The SMILES string of the molecule is CN(C(=O)Nc1ccc(F)cc1)[C@@H](c1cccc(F)c1)c1ccccn1. The molecule has 3 aromatic rings. The van der Waals surface area contributed by atoms with Crippen LogP contribution in [0.2, 0.25) is 0 Å². The average Bonchev–Trinajstić information content (AvgIpc) is 2.65. The molecule has 1 N–H and O–H groups in total. The molecule has 2 amide bonds. The summed E-state index contributed by atoms with van der Waals surface area (Å²) >= 11 is 0. The van der Waals surface area contributed by atoms with Crippen LogP contribution >= 0.6 is 0 Å². The lowest BCUT2D eigenvalue weighted by Gasteiger charge is -2.28. The minimum absolute atomic E-state index is 0.387. The number of nitrogens with zero attached hydrogens (tertiary/aromatic N) is 2. The molecule has 26 heavy (non-hydrogen) atoms. The Balaban J connectivity index is 1.90. The van der Waals surface area contributed by atoms with Crippen LogP contribution in [-0.4, -0.2) is 23.0 Å². The van der Waals surface area contributed by atoms with E-state index in [1.807, 2.05) is 0 Å². The summed E-state index contributed by atoms with van der Waals surface area (Å²) in [6, 6.07) is 15.9. The number of carbonyl (C=O) groups excluding carboxylic acids is 1. The maximum Gasteiger partial charge on any atom is 0.322 e. The van der Waals surface area contributed by atoms with Crippen LogP contribution in [0.5, 0.6) is 0 Å². The highest BCUT2D eigenvalue weighted by Crippen LogP contribution is 2.27. The molecular formula is C20H17F2N3O. The molecule has 1 atom stereocenters. The molecule has 0 spiro atoms. The molecule has 4 nitrogen and oxygen atoms in total. The fraction of sp³-hybridized carbons (Fsp3) is 0.100. The van der Waals surface area contributed by atoms with Crippen LogP contribution in [0.1, 0.15) is 17.3 Å². The van der Waals surface area contributed by atoms with Crippen LogP contribution in [0.3, 0.4) is 0 Å². The minimum Gasteiger partial charge on any atom is -0.315 e. The van der Waals surface area contributed by atoms with Gasteiger partial charge in [0.2, 0.25) is 0 Å². The molecule has 0 radical (unpaired) electrons. The van der Waals surface area contributed by atoms with Crippen molar-refractivity contribution >= 4 is 11.7 Å². The van der Waals surface area contributed by atoms with Crippen LogP contribution in [0.4, 0.5) is 19.3 Å². The van der Waals surface area contributed by atoms with Gasteiger partial charge < -0.3 is 10.2 Å². The van der Waals surface area contributed by atoms with Gasteiger partial charge in [0, 0.05) is 18.9 Å². The second kappa shape index (κ2) is 7.74. The highest BCUT2D eigenvalue weighted by Gasteiger charge is 2.25. The summed E-state index contributed by atoms with van der Waals surface area (Å²) in [6.07, 6.45) is 1.62. The smallest absolute Gasteiger partial charge is 0.315 e. The number of rotatable bonds is 4. The first-order valence-electron chi connectivity index (χ1n) is 8.00. The fourth-order valence-electron chi connectivity index (χ4n) is 2.67. The van der Waals surface area contributed by atoms with Crippen molar-refractivity contribution in [3.63, 3.8) is 0 Å². The van der Waals surface area contributed by atoms with E-state index < -0.39 is 17.9 Å². The number of nitrogens with one attached hydrogen (secondary N) is 1.